The normalized spacial score (nSPS) is 12.0. The predicted octanol–water partition coefficient (Wildman–Crippen LogP) is 3.71. The van der Waals surface area contributed by atoms with E-state index in [9.17, 15) is 9.59 Å². The number of nitrogens with one attached hydrogen (secondary N) is 1. The maximum atomic E-state index is 12.9. The number of amides is 1. The average molecular weight is 377 g/mol. The van der Waals surface area contributed by atoms with Crippen LogP contribution in [-0.2, 0) is 9.53 Å². The molecular formula is C22H23N3O3. The van der Waals surface area contributed by atoms with Gasteiger partial charge in [0.2, 0.25) is 0 Å². The van der Waals surface area contributed by atoms with Crippen molar-refractivity contribution in [2.24, 2.45) is 0 Å². The van der Waals surface area contributed by atoms with E-state index in [1.165, 1.54) is 7.11 Å². The van der Waals surface area contributed by atoms with Crippen LogP contribution in [-0.4, -0.2) is 35.0 Å². The van der Waals surface area contributed by atoms with Crippen molar-refractivity contribution in [3.8, 4) is 11.4 Å². The van der Waals surface area contributed by atoms with Crippen LogP contribution >= 0.6 is 0 Å². The highest BCUT2D eigenvalue weighted by atomic mass is 16.5. The molecule has 0 spiro atoms. The summed E-state index contributed by atoms with van der Waals surface area (Å²) in [4.78, 5) is 33.7. The first-order chi connectivity index (χ1) is 13.4. The number of hydrogen-bond acceptors (Lipinski definition) is 5. The molecule has 28 heavy (non-hydrogen) atoms. The number of benzene rings is 1. The Hall–Kier alpha value is -3.28. The number of methoxy groups -OCH3 is 1. The third kappa shape index (κ3) is 4.01. The molecule has 3 rings (SSSR count). The van der Waals surface area contributed by atoms with Crippen LogP contribution in [0.15, 0.2) is 48.7 Å². The van der Waals surface area contributed by atoms with E-state index in [-0.39, 0.29) is 5.91 Å². The lowest BCUT2D eigenvalue weighted by atomic mass is 9.98. The Labute approximate surface area is 164 Å². The van der Waals surface area contributed by atoms with Crippen LogP contribution in [0.4, 0.5) is 0 Å². The first-order valence-corrected chi connectivity index (χ1v) is 9.15. The maximum Gasteiger partial charge on any atom is 0.328 e. The summed E-state index contributed by atoms with van der Waals surface area (Å²) in [6.45, 7) is 5.80. The monoisotopic (exact) mass is 377 g/mol. The Balaban J connectivity index is 2.13. The summed E-state index contributed by atoms with van der Waals surface area (Å²) in [7, 11) is 1.29. The van der Waals surface area contributed by atoms with Crippen LogP contribution < -0.4 is 5.32 Å². The second kappa shape index (κ2) is 8.17. The fourth-order valence-corrected chi connectivity index (χ4v) is 2.95. The second-order valence-electron chi connectivity index (χ2n) is 6.92. The van der Waals surface area contributed by atoms with Crippen molar-refractivity contribution in [1.82, 2.24) is 15.3 Å². The van der Waals surface area contributed by atoms with E-state index in [2.05, 4.69) is 24.1 Å². The third-order valence-corrected chi connectivity index (χ3v) is 4.57. The van der Waals surface area contributed by atoms with Crippen LogP contribution in [0.3, 0.4) is 0 Å². The molecule has 0 aliphatic heterocycles. The topological polar surface area (TPSA) is 81.2 Å². The largest absolute Gasteiger partial charge is 0.467 e. The van der Waals surface area contributed by atoms with Crippen molar-refractivity contribution >= 4 is 22.8 Å². The number of rotatable bonds is 5. The molecule has 144 valence electrons. The summed E-state index contributed by atoms with van der Waals surface area (Å²) in [5.41, 5.74) is 3.56. The number of fused-ring (bicyclic) bond motifs is 1. The molecule has 0 aliphatic rings. The molecule has 0 saturated heterocycles. The molecule has 0 bridgehead atoms. The number of esters is 1. The molecule has 1 aromatic carbocycles. The van der Waals surface area contributed by atoms with Gasteiger partial charge < -0.3 is 10.1 Å². The molecule has 6 heteroatoms. The molecule has 0 radical (unpaired) electrons. The van der Waals surface area contributed by atoms with Crippen LogP contribution in [0.25, 0.3) is 22.3 Å². The van der Waals surface area contributed by atoms with E-state index in [0.717, 1.165) is 10.9 Å². The van der Waals surface area contributed by atoms with E-state index >= 15 is 0 Å². The Morgan fingerprint density at radius 3 is 2.46 bits per heavy atom. The molecule has 3 aromatic rings. The summed E-state index contributed by atoms with van der Waals surface area (Å²) in [6.07, 6.45) is 1.69. The Kier molecular flexibility index (Phi) is 5.68. The fourth-order valence-electron chi connectivity index (χ4n) is 2.95. The minimum absolute atomic E-state index is 0.335. The van der Waals surface area contributed by atoms with Crippen LogP contribution in [0.2, 0.25) is 0 Å². The number of pyridine rings is 2. The molecule has 0 fully saturated rings. The average Bonchev–Trinajstić information content (AvgIpc) is 2.72. The van der Waals surface area contributed by atoms with Crippen molar-refractivity contribution < 1.29 is 14.3 Å². The summed E-state index contributed by atoms with van der Waals surface area (Å²) < 4.78 is 4.70. The van der Waals surface area contributed by atoms with Crippen molar-refractivity contribution in [3.63, 3.8) is 0 Å². The van der Waals surface area contributed by atoms with E-state index in [4.69, 9.17) is 9.72 Å². The zero-order chi connectivity index (χ0) is 20.3. The Bertz CT molecular complexity index is 1020. The van der Waals surface area contributed by atoms with Crippen molar-refractivity contribution in [3.05, 3.63) is 59.8 Å². The van der Waals surface area contributed by atoms with Crippen LogP contribution in [0.5, 0.6) is 0 Å². The molecule has 2 heterocycles. The minimum Gasteiger partial charge on any atom is -0.467 e. The van der Waals surface area contributed by atoms with Gasteiger partial charge >= 0.3 is 5.97 Å². The molecule has 1 atom stereocenters. The van der Waals surface area contributed by atoms with E-state index < -0.39 is 12.0 Å². The lowest BCUT2D eigenvalue weighted by molar-refractivity contribution is -0.142. The maximum absolute atomic E-state index is 12.9. The summed E-state index contributed by atoms with van der Waals surface area (Å²) in [5, 5.41) is 3.41. The number of ether oxygens (including phenoxy) is 1. The second-order valence-corrected chi connectivity index (χ2v) is 6.92. The van der Waals surface area contributed by atoms with Gasteiger partial charge in [-0.3, -0.25) is 9.78 Å². The number of aromatic nitrogens is 2. The lowest BCUT2D eigenvalue weighted by Gasteiger charge is -2.15. The SMILES string of the molecule is COC(=O)C(C)NC(=O)c1cc(-c2ccccn2)nc2cc(C(C)C)ccc12. The highest BCUT2D eigenvalue weighted by Crippen LogP contribution is 2.27. The summed E-state index contributed by atoms with van der Waals surface area (Å²) in [6, 6.07) is 12.4. The highest BCUT2D eigenvalue weighted by molar-refractivity contribution is 6.08. The summed E-state index contributed by atoms with van der Waals surface area (Å²) in [5.74, 6) is -0.528. The highest BCUT2D eigenvalue weighted by Gasteiger charge is 2.20. The van der Waals surface area contributed by atoms with Crippen LogP contribution in [0, 0.1) is 0 Å². The van der Waals surface area contributed by atoms with E-state index in [0.29, 0.717) is 28.4 Å². The van der Waals surface area contributed by atoms with Gasteiger partial charge in [-0.2, -0.15) is 0 Å². The van der Waals surface area contributed by atoms with Gasteiger partial charge in [-0.25, -0.2) is 9.78 Å². The Morgan fingerprint density at radius 1 is 1.04 bits per heavy atom. The van der Waals surface area contributed by atoms with Gasteiger partial charge in [-0.05, 0) is 42.7 Å². The molecular weight excluding hydrogens is 354 g/mol. The standard InChI is InChI=1S/C22H23N3O3/c1-13(2)15-8-9-16-17(21(26)24-14(3)22(27)28-4)12-20(25-19(16)11-15)18-7-5-6-10-23-18/h5-14H,1-4H3,(H,24,26). The van der Waals surface area contributed by atoms with Crippen molar-refractivity contribution in [2.75, 3.05) is 7.11 Å². The van der Waals surface area contributed by atoms with E-state index in [1.807, 2.05) is 36.4 Å². The van der Waals surface area contributed by atoms with Crippen molar-refractivity contribution in [1.29, 1.82) is 0 Å². The number of carbonyl (C=O) groups excluding carboxylic acids is 2. The molecule has 0 aliphatic carbocycles. The smallest absolute Gasteiger partial charge is 0.328 e. The summed E-state index contributed by atoms with van der Waals surface area (Å²) >= 11 is 0. The van der Waals surface area contributed by atoms with Gasteiger partial charge in [0, 0.05) is 11.6 Å². The van der Waals surface area contributed by atoms with E-state index in [1.54, 1.807) is 19.2 Å². The van der Waals surface area contributed by atoms with Crippen LogP contribution in [0.1, 0.15) is 42.6 Å². The third-order valence-electron chi connectivity index (χ3n) is 4.57. The number of nitrogens with zero attached hydrogens (tertiary/aromatic N) is 2. The molecule has 1 N–H and O–H groups in total. The fraction of sp³-hybridized carbons (Fsp3) is 0.273. The number of hydrogen-bond donors (Lipinski definition) is 1. The first-order valence-electron chi connectivity index (χ1n) is 9.15. The Morgan fingerprint density at radius 2 is 1.82 bits per heavy atom. The quantitative estimate of drug-likeness (QED) is 0.686. The lowest BCUT2D eigenvalue weighted by Crippen LogP contribution is -2.39. The number of carbonyl (C=O) groups is 2. The minimum atomic E-state index is -0.756. The molecule has 1 unspecified atom stereocenters. The zero-order valence-electron chi connectivity index (χ0n) is 16.4. The zero-order valence-corrected chi connectivity index (χ0v) is 16.4. The molecule has 0 saturated carbocycles. The van der Waals surface area contributed by atoms with Gasteiger partial charge in [0.15, 0.2) is 0 Å². The van der Waals surface area contributed by atoms with Gasteiger partial charge in [0.1, 0.15) is 6.04 Å². The van der Waals surface area contributed by atoms with Gasteiger partial charge in [-0.1, -0.05) is 32.0 Å². The first kappa shape index (κ1) is 19.5. The van der Waals surface area contributed by atoms with Gasteiger partial charge in [0.05, 0.1) is 29.6 Å². The van der Waals surface area contributed by atoms with Gasteiger partial charge in [-0.15, -0.1) is 0 Å². The van der Waals surface area contributed by atoms with Crippen molar-refractivity contribution in [2.45, 2.75) is 32.7 Å². The molecule has 6 nitrogen and oxygen atoms in total. The molecule has 2 aromatic heterocycles. The molecule has 1 amide bonds. The van der Waals surface area contributed by atoms with Gasteiger partial charge in [0.25, 0.3) is 5.91 Å². The predicted molar refractivity (Wildman–Crippen MR) is 108 cm³/mol.